The lowest BCUT2D eigenvalue weighted by molar-refractivity contribution is -0.147. The molecule has 1 aliphatic rings. The first-order valence-electron chi connectivity index (χ1n) is 10.6. The second kappa shape index (κ2) is 13.4. The van der Waals surface area contributed by atoms with Crippen molar-refractivity contribution >= 4 is 41.1 Å². The van der Waals surface area contributed by atoms with Crippen LogP contribution in [0.25, 0.3) is 0 Å². The maximum absolute atomic E-state index is 12.3. The highest BCUT2D eigenvalue weighted by Crippen LogP contribution is 2.11. The summed E-state index contributed by atoms with van der Waals surface area (Å²) >= 11 is 5.28. The highest BCUT2D eigenvalue weighted by atomic mass is 32.1. The van der Waals surface area contributed by atoms with E-state index >= 15 is 0 Å². The third-order valence-corrected chi connectivity index (χ3v) is 5.05. The van der Waals surface area contributed by atoms with Crippen molar-refractivity contribution in [1.82, 2.24) is 15.5 Å². The number of carbonyl (C=O) groups is 4. The molecule has 0 aromatic heterocycles. The molecule has 9 nitrogen and oxygen atoms in total. The van der Waals surface area contributed by atoms with E-state index in [1.807, 2.05) is 37.3 Å². The van der Waals surface area contributed by atoms with Crippen LogP contribution in [0.1, 0.15) is 38.2 Å². The predicted molar refractivity (Wildman–Crippen MR) is 120 cm³/mol. The number of rotatable bonds is 10. The molecule has 0 radical (unpaired) electrons. The maximum Gasteiger partial charge on any atom is 0.308 e. The smallest absolute Gasteiger partial charge is 0.308 e. The average Bonchev–Trinajstić information content (AvgIpc) is 2.78. The summed E-state index contributed by atoms with van der Waals surface area (Å²) in [6, 6.07) is 8.72. The Morgan fingerprint density at radius 3 is 2.56 bits per heavy atom. The summed E-state index contributed by atoms with van der Waals surface area (Å²) in [4.78, 5) is 49.8. The fourth-order valence-corrected chi connectivity index (χ4v) is 3.39. The van der Waals surface area contributed by atoms with E-state index in [0.29, 0.717) is 32.5 Å². The van der Waals surface area contributed by atoms with E-state index in [4.69, 9.17) is 21.7 Å². The molecular weight excluding hydrogens is 434 g/mol. The number of esters is 2. The molecule has 1 fully saturated rings. The monoisotopic (exact) mass is 463 g/mol. The number of thiocarbonyl (C=S) groups is 1. The van der Waals surface area contributed by atoms with E-state index in [2.05, 4.69) is 10.6 Å². The zero-order valence-electron chi connectivity index (χ0n) is 18.1. The number of amides is 2. The summed E-state index contributed by atoms with van der Waals surface area (Å²) in [6.07, 6.45) is 0.929. The van der Waals surface area contributed by atoms with Crippen LogP contribution >= 0.6 is 12.2 Å². The van der Waals surface area contributed by atoms with Crippen molar-refractivity contribution in [3.8, 4) is 0 Å². The van der Waals surface area contributed by atoms with Gasteiger partial charge in [0.05, 0.1) is 26.1 Å². The molecule has 2 rings (SSSR count). The van der Waals surface area contributed by atoms with Gasteiger partial charge in [0, 0.05) is 25.9 Å². The number of benzene rings is 1. The molecule has 1 aromatic carbocycles. The summed E-state index contributed by atoms with van der Waals surface area (Å²) in [5, 5.41) is 5.26. The third kappa shape index (κ3) is 8.62. The lowest BCUT2D eigenvalue weighted by Gasteiger charge is -2.36. The van der Waals surface area contributed by atoms with Crippen LogP contribution in [-0.4, -0.2) is 66.1 Å². The van der Waals surface area contributed by atoms with Gasteiger partial charge in [-0.15, -0.1) is 0 Å². The van der Waals surface area contributed by atoms with Gasteiger partial charge in [-0.1, -0.05) is 37.3 Å². The highest BCUT2D eigenvalue weighted by molar-refractivity contribution is 7.80. The Hall–Kier alpha value is -3.01. The van der Waals surface area contributed by atoms with Gasteiger partial charge in [0.2, 0.25) is 11.8 Å². The first kappa shape index (κ1) is 25.3. The Balaban J connectivity index is 1.82. The SMILES string of the molecule is CCCOC(=O)CCC(=O)NC(=S)N1CCNC(=O)C1CC(=O)OCCc1ccccc1. The molecule has 1 heterocycles. The molecule has 174 valence electrons. The molecule has 1 atom stereocenters. The zero-order valence-corrected chi connectivity index (χ0v) is 18.9. The highest BCUT2D eigenvalue weighted by Gasteiger charge is 2.34. The van der Waals surface area contributed by atoms with Gasteiger partial charge in [0.25, 0.3) is 0 Å². The predicted octanol–water partition coefficient (Wildman–Crippen LogP) is 1.10. The number of nitrogens with zero attached hydrogens (tertiary/aromatic N) is 1. The number of carbonyl (C=O) groups excluding carboxylic acids is 4. The molecule has 1 unspecified atom stereocenters. The Bertz CT molecular complexity index is 817. The third-order valence-electron chi connectivity index (χ3n) is 4.72. The maximum atomic E-state index is 12.3. The van der Waals surface area contributed by atoms with E-state index in [1.54, 1.807) is 0 Å². The van der Waals surface area contributed by atoms with Crippen molar-refractivity contribution < 1.29 is 28.7 Å². The largest absolute Gasteiger partial charge is 0.466 e. The van der Waals surface area contributed by atoms with Gasteiger partial charge >= 0.3 is 11.9 Å². The molecule has 1 aromatic rings. The summed E-state index contributed by atoms with van der Waals surface area (Å²) in [5.74, 6) is -1.81. The first-order chi connectivity index (χ1) is 15.4. The van der Waals surface area contributed by atoms with Gasteiger partial charge in [0.1, 0.15) is 6.04 Å². The Morgan fingerprint density at radius 1 is 1.12 bits per heavy atom. The molecule has 0 aliphatic carbocycles. The second-order valence-corrected chi connectivity index (χ2v) is 7.62. The summed E-state index contributed by atoms with van der Waals surface area (Å²) in [5.41, 5.74) is 1.04. The Kier molecular flexibility index (Phi) is 10.6. The fourth-order valence-electron chi connectivity index (χ4n) is 3.06. The minimum atomic E-state index is -0.879. The minimum absolute atomic E-state index is 0.0360. The standard InChI is InChI=1S/C22H29N3O6S/c1-2-13-30-19(27)9-8-18(26)24-22(32)25-12-11-23-21(29)17(25)15-20(28)31-14-10-16-6-4-3-5-7-16/h3-7,17H,2,8-15H2,1H3,(H,23,29)(H,24,26,32). The van der Waals surface area contributed by atoms with Crippen molar-refractivity contribution in [1.29, 1.82) is 0 Å². The summed E-state index contributed by atoms with van der Waals surface area (Å²) in [6.45, 7) is 3.06. The molecular formula is C22H29N3O6S. The van der Waals surface area contributed by atoms with E-state index in [0.717, 1.165) is 5.56 Å². The van der Waals surface area contributed by atoms with E-state index in [9.17, 15) is 19.2 Å². The fraction of sp³-hybridized carbons (Fsp3) is 0.500. The number of piperazine rings is 1. The molecule has 0 saturated carbocycles. The van der Waals surface area contributed by atoms with Gasteiger partial charge in [-0.25, -0.2) is 0 Å². The molecule has 1 aliphatic heterocycles. The molecule has 1 saturated heterocycles. The average molecular weight is 464 g/mol. The second-order valence-electron chi connectivity index (χ2n) is 7.23. The van der Waals surface area contributed by atoms with E-state index in [-0.39, 0.29) is 36.9 Å². The normalized spacial score (nSPS) is 15.5. The number of hydrogen-bond donors (Lipinski definition) is 2. The zero-order chi connectivity index (χ0) is 23.3. The Labute approximate surface area is 192 Å². The van der Waals surface area contributed by atoms with Crippen LogP contribution in [-0.2, 0) is 35.1 Å². The first-order valence-corrected chi connectivity index (χ1v) is 11.0. The van der Waals surface area contributed by atoms with Gasteiger partial charge in [0.15, 0.2) is 5.11 Å². The van der Waals surface area contributed by atoms with Crippen LogP contribution < -0.4 is 10.6 Å². The van der Waals surface area contributed by atoms with Crippen molar-refractivity contribution in [2.24, 2.45) is 0 Å². The van der Waals surface area contributed by atoms with Gasteiger partial charge in [-0.2, -0.15) is 0 Å². The molecule has 2 N–H and O–H groups in total. The number of ether oxygens (including phenoxy) is 2. The Morgan fingerprint density at radius 2 is 1.84 bits per heavy atom. The van der Waals surface area contributed by atoms with Gasteiger partial charge in [-0.3, -0.25) is 19.2 Å². The molecule has 2 amide bonds. The van der Waals surface area contributed by atoms with Crippen molar-refractivity contribution in [3.05, 3.63) is 35.9 Å². The van der Waals surface area contributed by atoms with Crippen LogP contribution in [0.4, 0.5) is 0 Å². The molecule has 0 spiro atoms. The molecule has 10 heteroatoms. The van der Waals surface area contributed by atoms with E-state index in [1.165, 1.54) is 4.90 Å². The van der Waals surface area contributed by atoms with Crippen LogP contribution in [0.2, 0.25) is 0 Å². The number of nitrogens with one attached hydrogen (secondary N) is 2. The summed E-state index contributed by atoms with van der Waals surface area (Å²) in [7, 11) is 0. The summed E-state index contributed by atoms with van der Waals surface area (Å²) < 4.78 is 10.2. The van der Waals surface area contributed by atoms with Crippen LogP contribution in [0.5, 0.6) is 0 Å². The molecule has 32 heavy (non-hydrogen) atoms. The topological polar surface area (TPSA) is 114 Å². The van der Waals surface area contributed by atoms with E-state index < -0.39 is 23.9 Å². The quantitative estimate of drug-likeness (QED) is 0.392. The lowest BCUT2D eigenvalue weighted by atomic mass is 10.1. The van der Waals surface area contributed by atoms with Crippen LogP contribution in [0, 0.1) is 0 Å². The lowest BCUT2D eigenvalue weighted by Crippen LogP contribution is -2.60. The van der Waals surface area contributed by atoms with Gasteiger partial charge < -0.3 is 25.0 Å². The van der Waals surface area contributed by atoms with Crippen LogP contribution in [0.15, 0.2) is 30.3 Å². The van der Waals surface area contributed by atoms with Crippen molar-refractivity contribution in [2.45, 2.75) is 45.1 Å². The minimum Gasteiger partial charge on any atom is -0.466 e. The van der Waals surface area contributed by atoms with Crippen LogP contribution in [0.3, 0.4) is 0 Å². The van der Waals surface area contributed by atoms with Crippen molar-refractivity contribution in [2.75, 3.05) is 26.3 Å². The molecule has 0 bridgehead atoms. The van der Waals surface area contributed by atoms with Gasteiger partial charge in [-0.05, 0) is 24.2 Å². The number of hydrogen-bond acceptors (Lipinski definition) is 7. The van der Waals surface area contributed by atoms with Crippen molar-refractivity contribution in [3.63, 3.8) is 0 Å².